The Balaban J connectivity index is 0. The molecule has 0 bridgehead atoms. The first-order valence-electron chi connectivity index (χ1n) is 2.26. The van der Waals surface area contributed by atoms with Crippen molar-refractivity contribution in [2.75, 3.05) is 5.75 Å². The van der Waals surface area contributed by atoms with E-state index >= 15 is 0 Å². The Morgan fingerprint density at radius 3 is 2.11 bits per heavy atom. The largest absolute Gasteiger partial charge is 0.338 e. The Bertz CT molecular complexity index is 104. The molecule has 52 valence electrons. The van der Waals surface area contributed by atoms with Crippen molar-refractivity contribution in [2.45, 2.75) is 13.3 Å². The van der Waals surface area contributed by atoms with Crippen LogP contribution < -0.4 is 0 Å². The first-order chi connectivity index (χ1) is 3.56. The van der Waals surface area contributed by atoms with Crippen LogP contribution in [0.4, 0.5) is 0 Å². The predicted molar refractivity (Wildman–Crippen MR) is 41.5 cm³/mol. The Morgan fingerprint density at radius 1 is 1.56 bits per heavy atom. The van der Waals surface area contributed by atoms with E-state index in [-0.39, 0.29) is 19.5 Å². The first-order valence-corrected chi connectivity index (χ1v) is 6.56. The van der Waals surface area contributed by atoms with E-state index in [4.69, 9.17) is 9.79 Å². The van der Waals surface area contributed by atoms with Gasteiger partial charge >= 0.3 is 0 Å². The van der Waals surface area contributed by atoms with Crippen LogP contribution in [-0.4, -0.2) is 15.5 Å². The zero-order valence-electron chi connectivity index (χ0n) is 5.28. The molecule has 0 heterocycles. The van der Waals surface area contributed by atoms with Gasteiger partial charge in [-0.15, -0.1) is 0 Å². The van der Waals surface area contributed by atoms with Crippen LogP contribution in [0.15, 0.2) is 0 Å². The molecule has 0 fully saturated rings. The fraction of sp³-hybridized carbons (Fsp3) is 1.00. The first kappa shape index (κ1) is 13.2. The van der Waals surface area contributed by atoms with Crippen LogP contribution in [0.1, 0.15) is 13.3 Å². The number of rotatable bonds is 3. The standard InChI is InChI=1S/C3H9O2PS2.Zn/c1-2-3-8-6(4,5)7;/h2-3H2,1H3,(H2,4,5,7);. The molecule has 0 aliphatic rings. The SMILES string of the molecule is CCCSP(O)(O)=S.[Zn]. The van der Waals surface area contributed by atoms with E-state index in [2.05, 4.69) is 11.8 Å². The average molecular weight is 238 g/mol. The van der Waals surface area contributed by atoms with E-state index in [0.717, 1.165) is 23.6 Å². The Hall–Kier alpha value is 1.54. The van der Waals surface area contributed by atoms with Crippen molar-refractivity contribution >= 4 is 28.9 Å². The van der Waals surface area contributed by atoms with Crippen LogP contribution in [0.5, 0.6) is 0 Å². The third-order valence-electron chi connectivity index (χ3n) is 0.464. The van der Waals surface area contributed by atoms with Crippen molar-refractivity contribution in [3.05, 3.63) is 0 Å². The molecule has 6 heteroatoms. The molecule has 0 unspecified atom stereocenters. The zero-order valence-corrected chi connectivity index (χ0v) is 10.8. The molecule has 0 saturated carbocycles. The fourth-order valence-corrected chi connectivity index (χ4v) is 2.56. The minimum Gasteiger partial charge on any atom is -0.338 e. The predicted octanol–water partition coefficient (Wildman–Crippen LogP) is 1.34. The van der Waals surface area contributed by atoms with Crippen LogP contribution in [0.25, 0.3) is 0 Å². The third kappa shape index (κ3) is 12.7. The van der Waals surface area contributed by atoms with E-state index in [1.54, 1.807) is 0 Å². The topological polar surface area (TPSA) is 40.5 Å². The molecule has 0 saturated heterocycles. The summed E-state index contributed by atoms with van der Waals surface area (Å²) in [7, 11) is 0. The van der Waals surface area contributed by atoms with E-state index in [9.17, 15) is 0 Å². The Labute approximate surface area is 77.1 Å². The molecular formula is C3H9O2PS2Zn. The van der Waals surface area contributed by atoms with E-state index in [1.807, 2.05) is 6.92 Å². The quantitative estimate of drug-likeness (QED) is 0.574. The maximum absolute atomic E-state index is 8.59. The average Bonchev–Trinajstić information content (AvgIpc) is 1.59. The second-order valence-electron chi connectivity index (χ2n) is 1.32. The van der Waals surface area contributed by atoms with Crippen LogP contribution in [0, 0.1) is 0 Å². The van der Waals surface area contributed by atoms with Crippen molar-refractivity contribution in [3.63, 3.8) is 0 Å². The summed E-state index contributed by atoms with van der Waals surface area (Å²) in [6.07, 6.45) is 0.935. The van der Waals surface area contributed by atoms with Gasteiger partial charge in [-0.05, 0) is 18.2 Å². The molecule has 0 aromatic carbocycles. The van der Waals surface area contributed by atoms with Crippen LogP contribution in [0.3, 0.4) is 0 Å². The maximum Gasteiger partial charge on any atom is 0.242 e. The molecule has 0 aromatic rings. The van der Waals surface area contributed by atoms with Gasteiger partial charge in [-0.25, -0.2) is 0 Å². The van der Waals surface area contributed by atoms with Gasteiger partial charge in [-0.3, -0.25) is 0 Å². The second-order valence-corrected chi connectivity index (χ2v) is 7.49. The molecule has 0 atom stereocenters. The summed E-state index contributed by atoms with van der Waals surface area (Å²) in [6.45, 7) is 1.97. The summed E-state index contributed by atoms with van der Waals surface area (Å²) in [4.78, 5) is 17.2. The third-order valence-corrected chi connectivity index (χ3v) is 3.90. The molecule has 0 aromatic heterocycles. The van der Waals surface area contributed by atoms with Crippen LogP contribution in [0.2, 0.25) is 0 Å². The molecule has 9 heavy (non-hydrogen) atoms. The fourth-order valence-electron chi connectivity index (χ4n) is 0.210. The number of hydrogen-bond donors (Lipinski definition) is 2. The molecule has 0 aliphatic heterocycles. The summed E-state index contributed by atoms with van der Waals surface area (Å²) in [5.41, 5.74) is -2.93. The molecule has 0 amide bonds. The van der Waals surface area contributed by atoms with Gasteiger partial charge in [0.15, 0.2) is 0 Å². The van der Waals surface area contributed by atoms with E-state index in [0.29, 0.717) is 0 Å². The van der Waals surface area contributed by atoms with Crippen LogP contribution >= 0.6 is 17.1 Å². The summed E-state index contributed by atoms with van der Waals surface area (Å²) in [5, 5.41) is 0. The van der Waals surface area contributed by atoms with Gasteiger partial charge in [0.2, 0.25) is 5.69 Å². The second kappa shape index (κ2) is 6.27. The Morgan fingerprint density at radius 2 is 2.00 bits per heavy atom. The van der Waals surface area contributed by atoms with Gasteiger partial charge in [0, 0.05) is 25.2 Å². The van der Waals surface area contributed by atoms with Gasteiger partial charge in [-0.2, -0.15) is 0 Å². The summed E-state index contributed by atoms with van der Waals surface area (Å²) >= 11 is 5.41. The van der Waals surface area contributed by atoms with Gasteiger partial charge in [0.25, 0.3) is 0 Å². The van der Waals surface area contributed by atoms with Crippen molar-refractivity contribution in [1.29, 1.82) is 0 Å². The van der Waals surface area contributed by atoms with Crippen molar-refractivity contribution in [1.82, 2.24) is 0 Å². The summed E-state index contributed by atoms with van der Waals surface area (Å²) < 4.78 is 0. The van der Waals surface area contributed by atoms with Crippen molar-refractivity contribution < 1.29 is 29.3 Å². The number of hydrogen-bond acceptors (Lipinski definition) is 2. The molecule has 0 radical (unpaired) electrons. The minimum atomic E-state index is -2.93. The molecule has 0 rings (SSSR count). The van der Waals surface area contributed by atoms with Gasteiger partial charge in [-0.1, -0.05) is 18.3 Å². The van der Waals surface area contributed by atoms with Crippen LogP contribution in [-0.2, 0) is 31.3 Å². The van der Waals surface area contributed by atoms with E-state index in [1.165, 1.54) is 0 Å². The molecule has 2 nitrogen and oxygen atoms in total. The van der Waals surface area contributed by atoms with Gasteiger partial charge < -0.3 is 9.79 Å². The monoisotopic (exact) mass is 236 g/mol. The van der Waals surface area contributed by atoms with Crippen molar-refractivity contribution in [3.8, 4) is 0 Å². The van der Waals surface area contributed by atoms with Gasteiger partial charge in [0.1, 0.15) is 0 Å². The Kier molecular flexibility index (Phi) is 9.16. The summed E-state index contributed by atoms with van der Waals surface area (Å²) in [5.74, 6) is 0.740. The smallest absolute Gasteiger partial charge is 0.242 e. The summed E-state index contributed by atoms with van der Waals surface area (Å²) in [6, 6.07) is 0. The molecular weight excluding hydrogens is 229 g/mol. The minimum absolute atomic E-state index is 0. The molecule has 0 aliphatic carbocycles. The van der Waals surface area contributed by atoms with Gasteiger partial charge in [0.05, 0.1) is 0 Å². The van der Waals surface area contributed by atoms with Crippen molar-refractivity contribution in [2.24, 2.45) is 0 Å². The molecule has 0 spiro atoms. The van der Waals surface area contributed by atoms with E-state index < -0.39 is 5.69 Å². The molecule has 2 N–H and O–H groups in total. The normalized spacial score (nSPS) is 10.6. The maximum atomic E-state index is 8.59. The zero-order chi connectivity index (χ0) is 6.62.